The molecule has 1 unspecified atom stereocenters. The summed E-state index contributed by atoms with van der Waals surface area (Å²) in [6.07, 6.45) is 0. The van der Waals surface area contributed by atoms with Crippen molar-refractivity contribution in [1.29, 1.82) is 0 Å². The highest BCUT2D eigenvalue weighted by Crippen LogP contribution is 2.24. The number of nitrogens with two attached hydrogens (primary N) is 1. The van der Waals surface area contributed by atoms with Crippen LogP contribution in [0.4, 0.5) is 11.4 Å². The number of aliphatic hydroxyl groups is 1. The van der Waals surface area contributed by atoms with Gasteiger partial charge in [0.15, 0.2) is 0 Å². The number of aliphatic hydroxyl groups excluding tert-OH is 1. The van der Waals surface area contributed by atoms with Gasteiger partial charge in [-0.1, -0.05) is 11.6 Å². The van der Waals surface area contributed by atoms with Crippen LogP contribution in [-0.2, 0) is 4.79 Å². The van der Waals surface area contributed by atoms with Crippen LogP contribution in [0.3, 0.4) is 0 Å². The summed E-state index contributed by atoms with van der Waals surface area (Å²) < 4.78 is 0. The number of carbonyl (C=O) groups is 1. The van der Waals surface area contributed by atoms with Crippen LogP contribution in [0.5, 0.6) is 0 Å². The van der Waals surface area contributed by atoms with Crippen LogP contribution in [0, 0.1) is 0 Å². The average Bonchev–Trinajstić information content (AvgIpc) is 2.38. The maximum Gasteiger partial charge on any atom is 0.241 e. The van der Waals surface area contributed by atoms with Crippen molar-refractivity contribution in [1.82, 2.24) is 4.90 Å². The quantitative estimate of drug-likeness (QED) is 0.702. The maximum absolute atomic E-state index is 12.2. The Labute approximate surface area is 124 Å². The van der Waals surface area contributed by atoms with E-state index in [9.17, 15) is 4.79 Å². The largest absolute Gasteiger partial charge is 0.399 e. The number of halogens is 1. The molecule has 0 aromatic heterocycles. The van der Waals surface area contributed by atoms with Gasteiger partial charge in [-0.2, -0.15) is 0 Å². The monoisotopic (exact) mass is 299 g/mol. The Kier molecular flexibility index (Phi) is 6.26. The van der Waals surface area contributed by atoms with Crippen molar-refractivity contribution in [2.24, 2.45) is 0 Å². The topological polar surface area (TPSA) is 78.6 Å². The molecule has 1 atom stereocenters. The first-order valence-corrected chi connectivity index (χ1v) is 6.97. The summed E-state index contributed by atoms with van der Waals surface area (Å²) in [4.78, 5) is 14.2. The van der Waals surface area contributed by atoms with Gasteiger partial charge in [-0.15, -0.1) is 0 Å². The fraction of sp³-hybridized carbons (Fsp3) is 0.500. The van der Waals surface area contributed by atoms with E-state index in [4.69, 9.17) is 22.4 Å². The lowest BCUT2D eigenvalue weighted by Gasteiger charge is -2.31. The van der Waals surface area contributed by atoms with Crippen LogP contribution in [0.25, 0.3) is 0 Å². The number of amides is 1. The highest BCUT2D eigenvalue weighted by atomic mass is 35.5. The minimum atomic E-state index is -0.365. The highest BCUT2D eigenvalue weighted by Gasteiger charge is 2.23. The molecule has 0 saturated carbocycles. The number of carbonyl (C=O) groups excluding carboxylic acids is 1. The fourth-order valence-corrected chi connectivity index (χ4v) is 2.27. The van der Waals surface area contributed by atoms with Crippen molar-refractivity contribution >= 4 is 28.9 Å². The number of nitrogen functional groups attached to an aromatic ring is 1. The summed E-state index contributed by atoms with van der Waals surface area (Å²) in [5.74, 6) is -0.168. The number of nitrogens with zero attached hydrogens (tertiary/aromatic N) is 1. The Balaban J connectivity index is 2.78. The summed E-state index contributed by atoms with van der Waals surface area (Å²) in [5, 5.41) is 12.3. The molecule has 5 nitrogen and oxygen atoms in total. The van der Waals surface area contributed by atoms with Crippen LogP contribution in [0.2, 0.25) is 5.02 Å². The van der Waals surface area contributed by atoms with E-state index in [0.717, 1.165) is 0 Å². The van der Waals surface area contributed by atoms with Gasteiger partial charge in [0.2, 0.25) is 5.91 Å². The first-order valence-electron chi connectivity index (χ1n) is 6.59. The second-order valence-corrected chi connectivity index (χ2v) is 5.37. The van der Waals surface area contributed by atoms with Gasteiger partial charge in [0.25, 0.3) is 0 Å². The predicted molar refractivity (Wildman–Crippen MR) is 82.9 cm³/mol. The third kappa shape index (κ3) is 4.37. The number of hydrogen-bond donors (Lipinski definition) is 3. The van der Waals surface area contributed by atoms with Gasteiger partial charge in [-0.3, -0.25) is 9.69 Å². The molecular weight excluding hydrogens is 278 g/mol. The molecule has 0 heterocycles. The van der Waals surface area contributed by atoms with Crippen molar-refractivity contribution in [2.45, 2.75) is 32.9 Å². The zero-order chi connectivity index (χ0) is 15.3. The zero-order valence-electron chi connectivity index (χ0n) is 12.1. The Hall–Kier alpha value is -1.30. The van der Waals surface area contributed by atoms with Gasteiger partial charge in [0.1, 0.15) is 0 Å². The fourth-order valence-electron chi connectivity index (χ4n) is 2.04. The molecule has 0 radical (unpaired) electrons. The molecule has 0 saturated heterocycles. The van der Waals surface area contributed by atoms with Crippen LogP contribution in [-0.4, -0.2) is 41.1 Å². The van der Waals surface area contributed by atoms with E-state index in [1.807, 2.05) is 18.7 Å². The zero-order valence-corrected chi connectivity index (χ0v) is 12.8. The lowest BCUT2D eigenvalue weighted by Crippen LogP contribution is -2.47. The van der Waals surface area contributed by atoms with Gasteiger partial charge in [-0.05, 0) is 39.0 Å². The van der Waals surface area contributed by atoms with E-state index < -0.39 is 0 Å². The average molecular weight is 300 g/mol. The number of nitrogens with one attached hydrogen (secondary N) is 1. The van der Waals surface area contributed by atoms with Crippen LogP contribution < -0.4 is 11.1 Å². The maximum atomic E-state index is 12.2. The molecule has 112 valence electrons. The molecule has 1 aromatic rings. The first-order chi connectivity index (χ1) is 9.36. The van der Waals surface area contributed by atoms with Crippen molar-refractivity contribution in [3.05, 3.63) is 23.2 Å². The molecule has 20 heavy (non-hydrogen) atoms. The number of benzene rings is 1. The summed E-state index contributed by atoms with van der Waals surface area (Å²) in [6, 6.07) is 4.74. The summed E-state index contributed by atoms with van der Waals surface area (Å²) in [7, 11) is 0. The third-order valence-electron chi connectivity index (χ3n) is 3.15. The minimum Gasteiger partial charge on any atom is -0.399 e. The van der Waals surface area contributed by atoms with E-state index in [-0.39, 0.29) is 24.6 Å². The molecule has 0 spiro atoms. The predicted octanol–water partition coefficient (Wildman–Crippen LogP) is 1.95. The number of anilines is 2. The second kappa shape index (κ2) is 7.47. The van der Waals surface area contributed by atoms with Gasteiger partial charge >= 0.3 is 0 Å². The van der Waals surface area contributed by atoms with Crippen molar-refractivity contribution in [3.8, 4) is 0 Å². The molecule has 6 heteroatoms. The van der Waals surface area contributed by atoms with E-state index in [1.165, 1.54) is 0 Å². The Morgan fingerprint density at radius 2 is 2.10 bits per heavy atom. The normalized spacial score (nSPS) is 12.8. The molecule has 0 aliphatic rings. The molecule has 1 aromatic carbocycles. The molecule has 0 bridgehead atoms. The van der Waals surface area contributed by atoms with E-state index >= 15 is 0 Å². The molecule has 0 aliphatic carbocycles. The SMILES string of the molecule is CC(C)N(CCO)C(C)C(=O)Nc1ccc(N)cc1Cl. The van der Waals surface area contributed by atoms with Gasteiger partial charge in [0.05, 0.1) is 23.4 Å². The summed E-state index contributed by atoms with van der Waals surface area (Å²) in [6.45, 7) is 6.22. The first kappa shape index (κ1) is 16.8. The van der Waals surface area contributed by atoms with Gasteiger partial charge in [0, 0.05) is 18.3 Å². The summed E-state index contributed by atoms with van der Waals surface area (Å²) in [5.41, 5.74) is 6.69. The van der Waals surface area contributed by atoms with Gasteiger partial charge in [-0.25, -0.2) is 0 Å². The van der Waals surface area contributed by atoms with E-state index in [0.29, 0.717) is 22.9 Å². The molecule has 0 fully saturated rings. The van der Waals surface area contributed by atoms with Crippen LogP contribution in [0.1, 0.15) is 20.8 Å². The summed E-state index contributed by atoms with van der Waals surface area (Å²) >= 11 is 6.03. The molecule has 1 amide bonds. The van der Waals surface area contributed by atoms with Crippen LogP contribution >= 0.6 is 11.6 Å². The van der Waals surface area contributed by atoms with E-state index in [1.54, 1.807) is 25.1 Å². The highest BCUT2D eigenvalue weighted by molar-refractivity contribution is 6.34. The molecule has 0 aliphatic heterocycles. The van der Waals surface area contributed by atoms with Crippen molar-refractivity contribution in [3.63, 3.8) is 0 Å². The Morgan fingerprint density at radius 3 is 2.60 bits per heavy atom. The Morgan fingerprint density at radius 1 is 1.45 bits per heavy atom. The standard InChI is InChI=1S/C14H22ClN3O2/c1-9(2)18(6-7-19)10(3)14(20)17-13-5-4-11(16)8-12(13)15/h4-5,8-10,19H,6-7,16H2,1-3H3,(H,17,20). The smallest absolute Gasteiger partial charge is 0.241 e. The number of hydrogen-bond acceptors (Lipinski definition) is 4. The molecule has 1 rings (SSSR count). The van der Waals surface area contributed by atoms with Crippen molar-refractivity contribution < 1.29 is 9.90 Å². The van der Waals surface area contributed by atoms with E-state index in [2.05, 4.69) is 5.32 Å². The third-order valence-corrected chi connectivity index (χ3v) is 3.46. The number of rotatable bonds is 6. The van der Waals surface area contributed by atoms with Gasteiger partial charge < -0.3 is 16.2 Å². The lowest BCUT2D eigenvalue weighted by atomic mass is 10.2. The lowest BCUT2D eigenvalue weighted by molar-refractivity contribution is -0.121. The van der Waals surface area contributed by atoms with Crippen LogP contribution in [0.15, 0.2) is 18.2 Å². The molecule has 4 N–H and O–H groups in total. The Bertz CT molecular complexity index is 466. The van der Waals surface area contributed by atoms with Crippen molar-refractivity contribution in [2.75, 3.05) is 24.2 Å². The second-order valence-electron chi connectivity index (χ2n) is 4.96. The molecular formula is C14H22ClN3O2. The minimum absolute atomic E-state index is 0.0123.